The van der Waals surface area contributed by atoms with Crippen molar-refractivity contribution in [3.05, 3.63) is 70.3 Å². The zero-order chi connectivity index (χ0) is 22.1. The molecule has 1 aliphatic rings. The van der Waals surface area contributed by atoms with Gasteiger partial charge in [-0.1, -0.05) is 42.1 Å². The highest BCUT2D eigenvalue weighted by Gasteiger charge is 2.24. The van der Waals surface area contributed by atoms with Crippen molar-refractivity contribution in [3.8, 4) is 5.69 Å². The summed E-state index contributed by atoms with van der Waals surface area (Å²) in [5.41, 5.74) is 2.72. The number of aromatic nitrogens is 5. The normalized spacial score (nSPS) is 15.2. The second-order valence-corrected chi connectivity index (χ2v) is 9.04. The molecule has 1 saturated heterocycles. The molecule has 0 spiro atoms. The number of anilines is 1. The number of thioether (sulfide) groups is 1. The first kappa shape index (κ1) is 20.7. The molecule has 8 nitrogen and oxygen atoms in total. The fourth-order valence-corrected chi connectivity index (χ4v) is 4.76. The van der Waals surface area contributed by atoms with Gasteiger partial charge in [0, 0.05) is 13.1 Å². The van der Waals surface area contributed by atoms with E-state index in [1.165, 1.54) is 11.8 Å². The van der Waals surface area contributed by atoms with Gasteiger partial charge >= 0.3 is 0 Å². The lowest BCUT2D eigenvalue weighted by Gasteiger charge is -2.28. The van der Waals surface area contributed by atoms with Crippen LogP contribution in [0.25, 0.3) is 16.6 Å². The van der Waals surface area contributed by atoms with Crippen LogP contribution in [0.15, 0.2) is 58.5 Å². The van der Waals surface area contributed by atoms with Crippen molar-refractivity contribution < 1.29 is 4.74 Å². The van der Waals surface area contributed by atoms with Crippen molar-refractivity contribution in [2.24, 2.45) is 0 Å². The van der Waals surface area contributed by atoms with Crippen molar-refractivity contribution in [3.63, 3.8) is 0 Å². The van der Waals surface area contributed by atoms with Crippen molar-refractivity contribution in [2.75, 3.05) is 31.2 Å². The number of benzene rings is 2. The Balaban J connectivity index is 1.54. The summed E-state index contributed by atoms with van der Waals surface area (Å²) >= 11 is 1.53. The van der Waals surface area contributed by atoms with Crippen molar-refractivity contribution in [2.45, 2.75) is 24.3 Å². The maximum atomic E-state index is 12.5. The largest absolute Gasteiger partial charge is 0.378 e. The first-order valence-corrected chi connectivity index (χ1v) is 11.5. The van der Waals surface area contributed by atoms with E-state index in [0.29, 0.717) is 29.9 Å². The maximum absolute atomic E-state index is 12.5. The number of fused-ring (bicyclic) bond motifs is 1. The van der Waals surface area contributed by atoms with Crippen molar-refractivity contribution in [1.29, 1.82) is 0 Å². The number of aromatic amines is 1. The third-order valence-corrected chi connectivity index (χ3v) is 6.62. The SMILES string of the molecule is Cc1ccccc1-n1c(S[C@H](C)c2nc3ccccc3c(=O)[nH]2)nnc1N1CCOCC1. The molecular formula is C23H24N6O2S. The van der Waals surface area contributed by atoms with Gasteiger partial charge in [-0.05, 0) is 37.6 Å². The molecule has 0 saturated carbocycles. The highest BCUT2D eigenvalue weighted by molar-refractivity contribution is 7.99. The molecule has 32 heavy (non-hydrogen) atoms. The van der Waals surface area contributed by atoms with Crippen LogP contribution < -0.4 is 10.5 Å². The number of nitrogens with zero attached hydrogens (tertiary/aromatic N) is 5. The van der Waals surface area contributed by atoms with E-state index in [4.69, 9.17) is 4.74 Å². The minimum atomic E-state index is -0.132. The second kappa shape index (κ2) is 8.76. The van der Waals surface area contributed by atoms with Gasteiger partial charge in [0.1, 0.15) is 5.82 Å². The van der Waals surface area contributed by atoms with Crippen molar-refractivity contribution in [1.82, 2.24) is 24.7 Å². The van der Waals surface area contributed by atoms with E-state index < -0.39 is 0 Å². The Bertz CT molecular complexity index is 1310. The first-order valence-electron chi connectivity index (χ1n) is 10.6. The van der Waals surface area contributed by atoms with Gasteiger partial charge < -0.3 is 14.6 Å². The average molecular weight is 449 g/mol. The molecule has 0 aliphatic carbocycles. The van der Waals surface area contributed by atoms with Gasteiger partial charge in [0.05, 0.1) is 35.1 Å². The van der Waals surface area contributed by atoms with Crippen LogP contribution in [-0.4, -0.2) is 51.0 Å². The predicted molar refractivity (Wildman–Crippen MR) is 126 cm³/mol. The van der Waals surface area contributed by atoms with Crippen molar-refractivity contribution >= 4 is 28.6 Å². The van der Waals surface area contributed by atoms with Crippen LogP contribution in [0.1, 0.15) is 23.6 Å². The maximum Gasteiger partial charge on any atom is 0.258 e. The van der Waals surface area contributed by atoms with Crippen LogP contribution in [0.3, 0.4) is 0 Å². The molecule has 5 rings (SSSR count). The fourth-order valence-electron chi connectivity index (χ4n) is 3.84. The number of nitrogens with one attached hydrogen (secondary N) is 1. The van der Waals surface area contributed by atoms with Gasteiger partial charge in [0.15, 0.2) is 5.16 Å². The molecule has 0 radical (unpaired) electrons. The van der Waals surface area contributed by atoms with E-state index in [0.717, 1.165) is 35.4 Å². The van der Waals surface area contributed by atoms with E-state index in [9.17, 15) is 4.79 Å². The number of rotatable bonds is 5. The minimum absolute atomic E-state index is 0.128. The monoisotopic (exact) mass is 448 g/mol. The van der Waals surface area contributed by atoms with E-state index in [2.05, 4.69) is 48.7 Å². The van der Waals surface area contributed by atoms with E-state index in [-0.39, 0.29) is 10.8 Å². The molecule has 0 amide bonds. The lowest BCUT2D eigenvalue weighted by Crippen LogP contribution is -2.38. The molecule has 2 aromatic carbocycles. The van der Waals surface area contributed by atoms with Gasteiger partial charge in [-0.3, -0.25) is 9.36 Å². The molecule has 1 aliphatic heterocycles. The van der Waals surface area contributed by atoms with E-state index in [1.807, 2.05) is 37.3 Å². The molecule has 0 bridgehead atoms. The third kappa shape index (κ3) is 3.89. The molecule has 2 aromatic heterocycles. The number of morpholine rings is 1. The summed E-state index contributed by atoms with van der Waals surface area (Å²) in [6.07, 6.45) is 0. The smallest absolute Gasteiger partial charge is 0.258 e. The number of ether oxygens (including phenoxy) is 1. The molecule has 164 valence electrons. The number of hydrogen-bond acceptors (Lipinski definition) is 7. The molecule has 9 heteroatoms. The molecule has 4 aromatic rings. The first-order chi connectivity index (χ1) is 15.6. The Morgan fingerprint density at radius 3 is 2.62 bits per heavy atom. The lowest BCUT2D eigenvalue weighted by atomic mass is 10.2. The number of aryl methyl sites for hydroxylation is 1. The van der Waals surface area contributed by atoms with Gasteiger partial charge in [0.2, 0.25) is 5.95 Å². The molecule has 1 fully saturated rings. The van der Waals surface area contributed by atoms with Crippen LogP contribution in [0.2, 0.25) is 0 Å². The zero-order valence-electron chi connectivity index (χ0n) is 18.0. The van der Waals surface area contributed by atoms with Gasteiger partial charge in [-0.15, -0.1) is 10.2 Å². The number of para-hydroxylation sites is 2. The molecule has 0 unspecified atom stereocenters. The predicted octanol–water partition coefficient (Wildman–Crippen LogP) is 3.50. The Morgan fingerprint density at radius 1 is 1.06 bits per heavy atom. The molecule has 1 atom stereocenters. The zero-order valence-corrected chi connectivity index (χ0v) is 18.8. The van der Waals surface area contributed by atoms with E-state index >= 15 is 0 Å². The quantitative estimate of drug-likeness (QED) is 0.468. The number of H-pyrrole nitrogens is 1. The summed E-state index contributed by atoms with van der Waals surface area (Å²) in [7, 11) is 0. The topological polar surface area (TPSA) is 88.9 Å². The summed E-state index contributed by atoms with van der Waals surface area (Å²) in [6.45, 7) is 6.97. The molecule has 3 heterocycles. The third-order valence-electron chi connectivity index (χ3n) is 5.56. The van der Waals surface area contributed by atoms with Gasteiger partial charge in [0.25, 0.3) is 5.56 Å². The highest BCUT2D eigenvalue weighted by atomic mass is 32.2. The summed E-state index contributed by atoms with van der Waals surface area (Å²) in [5, 5.41) is 10.3. The van der Waals surface area contributed by atoms with Crippen LogP contribution in [0, 0.1) is 6.92 Å². The van der Waals surface area contributed by atoms with Crippen LogP contribution in [0.4, 0.5) is 5.95 Å². The average Bonchev–Trinajstić information content (AvgIpc) is 3.23. The van der Waals surface area contributed by atoms with Gasteiger partial charge in [-0.2, -0.15) is 0 Å². The Kier molecular flexibility index (Phi) is 5.67. The summed E-state index contributed by atoms with van der Waals surface area (Å²) < 4.78 is 7.62. The van der Waals surface area contributed by atoms with Gasteiger partial charge in [-0.25, -0.2) is 4.98 Å². The van der Waals surface area contributed by atoms with Crippen LogP contribution >= 0.6 is 11.8 Å². The number of hydrogen-bond donors (Lipinski definition) is 1. The summed E-state index contributed by atoms with van der Waals surface area (Å²) in [4.78, 5) is 22.4. The Hall–Kier alpha value is -3.17. The molecular weight excluding hydrogens is 424 g/mol. The standard InChI is InChI=1S/C23H24N6O2S/c1-15-7-3-6-10-19(15)29-22(28-11-13-31-14-12-28)26-27-23(29)32-16(2)20-24-18-9-5-4-8-17(18)21(30)25-20/h3-10,16H,11-14H2,1-2H3,(H,24,25,30)/t16-/m1/s1. The second-order valence-electron chi connectivity index (χ2n) is 7.73. The molecule has 1 N–H and O–H groups in total. The Morgan fingerprint density at radius 2 is 1.81 bits per heavy atom. The van der Waals surface area contributed by atoms with Crippen LogP contribution in [-0.2, 0) is 4.74 Å². The highest BCUT2D eigenvalue weighted by Crippen LogP contribution is 2.36. The fraction of sp³-hybridized carbons (Fsp3) is 0.304. The van der Waals surface area contributed by atoms with Crippen LogP contribution in [0.5, 0.6) is 0 Å². The minimum Gasteiger partial charge on any atom is -0.378 e. The lowest BCUT2D eigenvalue weighted by molar-refractivity contribution is 0.122. The van der Waals surface area contributed by atoms with E-state index in [1.54, 1.807) is 6.07 Å². The summed E-state index contributed by atoms with van der Waals surface area (Å²) in [6, 6.07) is 15.6. The summed E-state index contributed by atoms with van der Waals surface area (Å²) in [5.74, 6) is 1.42. The Labute approximate surface area is 189 Å².